The average molecular weight is 386 g/mol. The number of hydrogen-bond acceptors (Lipinski definition) is 4. The first-order valence-corrected chi connectivity index (χ1v) is 9.93. The van der Waals surface area contributed by atoms with E-state index in [1.165, 1.54) is 23.9 Å². The van der Waals surface area contributed by atoms with Gasteiger partial charge in [0.25, 0.3) is 0 Å². The molecule has 2 heterocycles. The van der Waals surface area contributed by atoms with E-state index >= 15 is 0 Å². The molecule has 4 aromatic rings. The molecule has 0 aliphatic heterocycles. The molecule has 1 amide bonds. The van der Waals surface area contributed by atoms with E-state index in [2.05, 4.69) is 27.5 Å². The van der Waals surface area contributed by atoms with Crippen LogP contribution >= 0.6 is 0 Å². The molecule has 1 N–H and O–H groups in total. The number of aryl methyl sites for hydroxylation is 2. The van der Waals surface area contributed by atoms with Crippen LogP contribution in [0, 0.1) is 0 Å². The third-order valence-electron chi connectivity index (χ3n) is 5.67. The van der Waals surface area contributed by atoms with E-state index in [1.807, 2.05) is 31.2 Å². The van der Waals surface area contributed by atoms with Crippen molar-refractivity contribution < 1.29 is 9.21 Å². The molecule has 0 bridgehead atoms. The van der Waals surface area contributed by atoms with E-state index in [0.717, 1.165) is 40.6 Å². The molecule has 0 saturated carbocycles. The van der Waals surface area contributed by atoms with E-state index in [4.69, 9.17) is 4.42 Å². The van der Waals surface area contributed by atoms with E-state index in [1.54, 1.807) is 17.3 Å². The second-order valence-corrected chi connectivity index (χ2v) is 7.63. The van der Waals surface area contributed by atoms with Gasteiger partial charge in [0.15, 0.2) is 0 Å². The fraction of sp³-hybridized carbons (Fsp3) is 0.261. The van der Waals surface area contributed by atoms with Crippen LogP contribution in [0.2, 0.25) is 0 Å². The fourth-order valence-electron chi connectivity index (χ4n) is 4.09. The van der Waals surface area contributed by atoms with Gasteiger partial charge in [-0.25, -0.2) is 9.67 Å². The largest absolute Gasteiger partial charge is 0.464 e. The maximum Gasteiger partial charge on any atom is 0.225 e. The molecule has 5 rings (SSSR count). The Hall–Kier alpha value is -3.41. The van der Waals surface area contributed by atoms with Crippen molar-refractivity contribution in [2.24, 2.45) is 0 Å². The van der Waals surface area contributed by atoms with Crippen molar-refractivity contribution >= 4 is 16.9 Å². The first-order chi connectivity index (χ1) is 14.2. The third-order valence-corrected chi connectivity index (χ3v) is 5.67. The summed E-state index contributed by atoms with van der Waals surface area (Å²) in [5, 5.41) is 8.28. The maximum atomic E-state index is 12.7. The van der Waals surface area contributed by atoms with Gasteiger partial charge in [0.2, 0.25) is 5.91 Å². The van der Waals surface area contributed by atoms with Gasteiger partial charge in [-0.1, -0.05) is 12.1 Å². The first-order valence-electron chi connectivity index (χ1n) is 9.93. The van der Waals surface area contributed by atoms with Crippen LogP contribution in [0.1, 0.15) is 41.6 Å². The molecule has 0 radical (unpaired) electrons. The molecule has 1 atom stereocenters. The highest BCUT2D eigenvalue weighted by Gasteiger charge is 2.17. The monoisotopic (exact) mass is 386 g/mol. The lowest BCUT2D eigenvalue weighted by Crippen LogP contribution is -2.28. The summed E-state index contributed by atoms with van der Waals surface area (Å²) in [6.07, 6.45) is 8.63. The Morgan fingerprint density at radius 1 is 1.21 bits per heavy atom. The number of benzene rings is 2. The number of carbonyl (C=O) groups is 1. The van der Waals surface area contributed by atoms with E-state index in [9.17, 15) is 4.79 Å². The standard InChI is InChI=1S/C23H22N4O2/c1-15(16-5-7-20(8-6-16)27-14-24-13-25-27)26-23(28)11-19-12-29-22-10-18-4-2-3-17(18)9-21(19)22/h5-10,12-15H,2-4,11H2,1H3,(H,26,28)/t15-/m0/s1. The first kappa shape index (κ1) is 17.7. The van der Waals surface area contributed by atoms with E-state index in [-0.39, 0.29) is 11.9 Å². The van der Waals surface area contributed by atoms with Crippen LogP contribution in [-0.2, 0) is 24.1 Å². The van der Waals surface area contributed by atoms with Crippen molar-refractivity contribution in [2.75, 3.05) is 0 Å². The van der Waals surface area contributed by atoms with Crippen molar-refractivity contribution in [3.63, 3.8) is 0 Å². The number of rotatable bonds is 5. The Balaban J connectivity index is 1.27. The minimum atomic E-state index is -0.0882. The Morgan fingerprint density at radius 3 is 2.76 bits per heavy atom. The molecular formula is C23H22N4O2. The Bertz CT molecular complexity index is 1160. The summed E-state index contributed by atoms with van der Waals surface area (Å²) in [5.74, 6) is -0.0129. The zero-order valence-electron chi connectivity index (χ0n) is 16.3. The van der Waals surface area contributed by atoms with Gasteiger partial charge < -0.3 is 9.73 Å². The van der Waals surface area contributed by atoms with Gasteiger partial charge in [-0.3, -0.25) is 4.79 Å². The molecule has 2 aromatic heterocycles. The highest BCUT2D eigenvalue weighted by Crippen LogP contribution is 2.30. The number of hydrogen-bond donors (Lipinski definition) is 1. The van der Waals surface area contributed by atoms with Crippen molar-refractivity contribution in [1.82, 2.24) is 20.1 Å². The van der Waals surface area contributed by atoms with Crippen molar-refractivity contribution in [1.29, 1.82) is 0 Å². The number of nitrogens with one attached hydrogen (secondary N) is 1. The molecule has 1 aliphatic carbocycles. The van der Waals surface area contributed by atoms with Crippen LogP contribution in [0.25, 0.3) is 16.7 Å². The third kappa shape index (κ3) is 3.42. The van der Waals surface area contributed by atoms with Gasteiger partial charge in [0.1, 0.15) is 18.2 Å². The van der Waals surface area contributed by atoms with Crippen LogP contribution < -0.4 is 5.32 Å². The smallest absolute Gasteiger partial charge is 0.225 e. The van der Waals surface area contributed by atoms with Gasteiger partial charge >= 0.3 is 0 Å². The molecule has 0 spiro atoms. The maximum absolute atomic E-state index is 12.7. The molecule has 6 heteroatoms. The lowest BCUT2D eigenvalue weighted by molar-refractivity contribution is -0.121. The van der Waals surface area contributed by atoms with Crippen molar-refractivity contribution in [3.8, 4) is 5.69 Å². The summed E-state index contributed by atoms with van der Waals surface area (Å²) in [7, 11) is 0. The van der Waals surface area contributed by atoms with E-state index in [0.29, 0.717) is 6.42 Å². The normalized spacial score (nSPS) is 14.1. The number of amides is 1. The van der Waals surface area contributed by atoms with Crippen LogP contribution in [0.15, 0.2) is 59.7 Å². The molecule has 1 aliphatic rings. The number of aromatic nitrogens is 3. The van der Waals surface area contributed by atoms with Gasteiger partial charge in [-0.05, 0) is 67.1 Å². The van der Waals surface area contributed by atoms with Crippen molar-refractivity contribution in [2.45, 2.75) is 38.6 Å². The number of furan rings is 1. The minimum Gasteiger partial charge on any atom is -0.464 e. The van der Waals surface area contributed by atoms with Crippen LogP contribution in [0.4, 0.5) is 0 Å². The lowest BCUT2D eigenvalue weighted by atomic mass is 10.0. The van der Waals surface area contributed by atoms with Gasteiger partial charge in [-0.15, -0.1) is 0 Å². The number of carbonyl (C=O) groups excluding carboxylic acids is 1. The zero-order chi connectivity index (χ0) is 19.8. The molecule has 29 heavy (non-hydrogen) atoms. The lowest BCUT2D eigenvalue weighted by Gasteiger charge is -2.15. The zero-order valence-corrected chi connectivity index (χ0v) is 16.3. The highest BCUT2D eigenvalue weighted by atomic mass is 16.3. The van der Waals surface area contributed by atoms with Crippen LogP contribution in [0.3, 0.4) is 0 Å². The Labute approximate surface area is 168 Å². The average Bonchev–Trinajstić information content (AvgIpc) is 3.48. The molecule has 0 saturated heterocycles. The molecule has 0 unspecified atom stereocenters. The molecule has 0 fully saturated rings. The molecular weight excluding hydrogens is 364 g/mol. The minimum absolute atomic E-state index is 0.0129. The second kappa shape index (κ2) is 7.20. The number of fused-ring (bicyclic) bond motifs is 2. The summed E-state index contributed by atoms with van der Waals surface area (Å²) in [5.41, 5.74) is 6.57. The predicted octanol–water partition coefficient (Wildman–Crippen LogP) is 3.92. The van der Waals surface area contributed by atoms with Gasteiger partial charge in [0.05, 0.1) is 24.4 Å². The summed E-state index contributed by atoms with van der Waals surface area (Å²) in [6.45, 7) is 1.99. The van der Waals surface area contributed by atoms with Crippen molar-refractivity contribution in [3.05, 3.63) is 77.6 Å². The number of nitrogens with zero attached hydrogens (tertiary/aromatic N) is 3. The summed E-state index contributed by atoms with van der Waals surface area (Å²) in [6, 6.07) is 12.2. The summed E-state index contributed by atoms with van der Waals surface area (Å²) < 4.78 is 7.42. The van der Waals surface area contributed by atoms with Crippen LogP contribution in [0.5, 0.6) is 0 Å². The Kier molecular flexibility index (Phi) is 4.39. The fourth-order valence-corrected chi connectivity index (χ4v) is 4.09. The van der Waals surface area contributed by atoms with E-state index < -0.39 is 0 Å². The predicted molar refractivity (Wildman–Crippen MR) is 110 cm³/mol. The molecule has 146 valence electrons. The van der Waals surface area contributed by atoms with Gasteiger partial charge in [0, 0.05) is 10.9 Å². The quantitative estimate of drug-likeness (QED) is 0.564. The van der Waals surface area contributed by atoms with Gasteiger partial charge in [-0.2, -0.15) is 5.10 Å². The highest BCUT2D eigenvalue weighted by molar-refractivity contribution is 5.88. The topological polar surface area (TPSA) is 73.0 Å². The SMILES string of the molecule is C[C@H](NC(=O)Cc1coc2cc3c(cc12)CCC3)c1ccc(-n2cncn2)cc1. The Morgan fingerprint density at radius 2 is 2.00 bits per heavy atom. The van der Waals surface area contributed by atoms with Crippen LogP contribution in [-0.4, -0.2) is 20.7 Å². The molecule has 6 nitrogen and oxygen atoms in total. The summed E-state index contributed by atoms with van der Waals surface area (Å²) in [4.78, 5) is 16.6. The second-order valence-electron chi connectivity index (χ2n) is 7.63. The molecule has 2 aromatic carbocycles. The summed E-state index contributed by atoms with van der Waals surface area (Å²) >= 11 is 0.